The second-order valence-corrected chi connectivity index (χ2v) is 17.6. The van der Waals surface area contributed by atoms with Crippen molar-refractivity contribution in [1.29, 1.82) is 0 Å². The van der Waals surface area contributed by atoms with E-state index in [1.807, 2.05) is 0 Å². The second kappa shape index (κ2) is 16.2. The van der Waals surface area contributed by atoms with Crippen LogP contribution in [0.1, 0.15) is 22.3 Å². The maximum absolute atomic E-state index is 7.09. The van der Waals surface area contributed by atoms with Gasteiger partial charge in [-0.3, -0.25) is 0 Å². The molecule has 0 saturated carbocycles. The summed E-state index contributed by atoms with van der Waals surface area (Å²) in [6, 6.07) is 96.5. The number of rotatable bonds is 9. The van der Waals surface area contributed by atoms with E-state index in [1.165, 1.54) is 44.5 Å². The molecule has 3 heteroatoms. The molecule has 0 unspecified atom stereocenters. The highest BCUT2D eigenvalue weighted by molar-refractivity contribution is 6.07. The first kappa shape index (κ1) is 39.4. The van der Waals surface area contributed by atoms with Crippen molar-refractivity contribution in [2.24, 2.45) is 0 Å². The molecule has 0 fully saturated rings. The third kappa shape index (κ3) is 6.28. The lowest BCUT2D eigenvalue weighted by atomic mass is 9.68. The minimum Gasteiger partial charge on any atom is -0.456 e. The summed E-state index contributed by atoms with van der Waals surface area (Å²) in [5.41, 5.74) is 17.9. The quantitative estimate of drug-likeness (QED) is 0.144. The Morgan fingerprint density at radius 2 is 0.838 bits per heavy atom. The molecule has 0 aromatic heterocycles. The van der Waals surface area contributed by atoms with Crippen molar-refractivity contribution in [3.05, 3.63) is 289 Å². The molecule has 0 N–H and O–H groups in total. The van der Waals surface area contributed by atoms with Crippen LogP contribution in [0.25, 0.3) is 44.2 Å². The van der Waals surface area contributed by atoms with Gasteiger partial charge >= 0.3 is 0 Å². The van der Waals surface area contributed by atoms with E-state index >= 15 is 0 Å². The highest BCUT2D eigenvalue weighted by atomic mass is 16.5. The van der Waals surface area contributed by atoms with Crippen molar-refractivity contribution in [3.63, 3.8) is 0 Å². The van der Waals surface area contributed by atoms with Gasteiger partial charge in [-0.2, -0.15) is 0 Å². The van der Waals surface area contributed by atoms with Crippen LogP contribution in [0.2, 0.25) is 0 Å². The molecule has 2 aliphatic rings. The van der Waals surface area contributed by atoms with Crippen LogP contribution >= 0.6 is 0 Å². The van der Waals surface area contributed by atoms with Gasteiger partial charge in [0, 0.05) is 45.3 Å². The molecule has 1 aliphatic carbocycles. The number of nitrogens with zero attached hydrogens (tertiary/aromatic N) is 2. The number of anilines is 6. The number of hydrogen-bond donors (Lipinski definition) is 0. The van der Waals surface area contributed by atoms with Crippen LogP contribution in [0.4, 0.5) is 34.1 Å². The summed E-state index contributed by atoms with van der Waals surface area (Å²) in [5.74, 6) is 1.66. The maximum Gasteiger partial charge on any atom is 0.138 e. The minimum atomic E-state index is -0.542. The van der Waals surface area contributed by atoms with E-state index in [4.69, 9.17) is 4.74 Å². The molecule has 3 nitrogen and oxygen atoms in total. The zero-order chi connectivity index (χ0) is 45.0. The third-order valence-electron chi connectivity index (χ3n) is 13.9. The van der Waals surface area contributed by atoms with E-state index in [9.17, 15) is 0 Å². The third-order valence-corrected chi connectivity index (χ3v) is 13.9. The Balaban J connectivity index is 1.02. The summed E-state index contributed by atoms with van der Waals surface area (Å²) in [5, 5.41) is 2.21. The van der Waals surface area contributed by atoms with Gasteiger partial charge in [0.15, 0.2) is 0 Å². The summed E-state index contributed by atoms with van der Waals surface area (Å²) in [4.78, 5) is 4.75. The Labute approximate surface area is 397 Å². The zero-order valence-electron chi connectivity index (χ0n) is 37.2. The van der Waals surface area contributed by atoms with Crippen LogP contribution in [-0.2, 0) is 5.41 Å². The fourth-order valence-corrected chi connectivity index (χ4v) is 11.0. The van der Waals surface area contributed by atoms with Gasteiger partial charge in [-0.05, 0) is 117 Å². The standard InChI is InChI=1S/C65H44N2O/c1-6-20-45(21-7-1)46-36-38-52(39-37-46)67(60-35-19-34-59-64(60)56-31-16-17-33-58(56)65(59,48-23-8-2-9-24-48)49-25-10-3-11-26-49)54-42-47-22-18-32-55-57-43-53(40-41-61(57)68-62(44-54)63(47)55)66(50-27-12-4-13-28-50)51-29-14-5-15-30-51/h1-44H. The topological polar surface area (TPSA) is 15.7 Å². The lowest BCUT2D eigenvalue weighted by Gasteiger charge is -2.34. The van der Waals surface area contributed by atoms with Crippen molar-refractivity contribution >= 4 is 44.9 Å². The fraction of sp³-hybridized carbons (Fsp3) is 0.0154. The predicted molar refractivity (Wildman–Crippen MR) is 282 cm³/mol. The second-order valence-electron chi connectivity index (χ2n) is 17.6. The van der Waals surface area contributed by atoms with Gasteiger partial charge in [0.05, 0.1) is 16.8 Å². The normalized spacial score (nSPS) is 12.6. The SMILES string of the molecule is c1ccc(-c2ccc(N(c3cc4c5c(cccc5c3)-c3cc(N(c5ccccc5)c5ccccc5)ccc3O4)c3cccc4c3-c3ccccc3C4(c3ccccc3)c3ccccc3)cc2)cc1. The molecule has 11 aromatic carbocycles. The summed E-state index contributed by atoms with van der Waals surface area (Å²) >= 11 is 0. The van der Waals surface area contributed by atoms with Crippen molar-refractivity contribution in [2.75, 3.05) is 9.80 Å². The smallest absolute Gasteiger partial charge is 0.138 e. The molecule has 0 amide bonds. The van der Waals surface area contributed by atoms with Crippen molar-refractivity contribution in [2.45, 2.75) is 5.41 Å². The first-order chi connectivity index (χ1) is 33.7. The van der Waals surface area contributed by atoms with E-state index in [0.717, 1.165) is 67.5 Å². The van der Waals surface area contributed by atoms with Crippen LogP contribution in [0.3, 0.4) is 0 Å². The average Bonchev–Trinajstić information content (AvgIpc) is 3.72. The Hall–Kier alpha value is -8.92. The van der Waals surface area contributed by atoms with Crippen LogP contribution in [0, 0.1) is 0 Å². The first-order valence-corrected chi connectivity index (χ1v) is 23.3. The molecule has 0 spiro atoms. The average molecular weight is 869 g/mol. The monoisotopic (exact) mass is 868 g/mol. The van der Waals surface area contributed by atoms with Gasteiger partial charge in [0.1, 0.15) is 11.5 Å². The van der Waals surface area contributed by atoms with E-state index in [2.05, 4.69) is 277 Å². The minimum absolute atomic E-state index is 0.542. The molecule has 1 aliphatic heterocycles. The van der Waals surface area contributed by atoms with Crippen LogP contribution in [0.15, 0.2) is 267 Å². The lowest BCUT2D eigenvalue weighted by Crippen LogP contribution is -2.28. The molecule has 68 heavy (non-hydrogen) atoms. The highest BCUT2D eigenvalue weighted by Gasteiger charge is 2.47. The maximum atomic E-state index is 7.09. The molecule has 320 valence electrons. The molecule has 0 bridgehead atoms. The summed E-state index contributed by atoms with van der Waals surface area (Å²) in [7, 11) is 0. The van der Waals surface area contributed by atoms with Gasteiger partial charge in [-0.15, -0.1) is 0 Å². The number of benzene rings is 11. The summed E-state index contributed by atoms with van der Waals surface area (Å²) in [6.07, 6.45) is 0. The van der Waals surface area contributed by atoms with Crippen LogP contribution < -0.4 is 14.5 Å². The first-order valence-electron chi connectivity index (χ1n) is 23.3. The van der Waals surface area contributed by atoms with Gasteiger partial charge in [0.2, 0.25) is 0 Å². The molecular formula is C65H44N2O. The van der Waals surface area contributed by atoms with E-state index in [0.29, 0.717) is 0 Å². The van der Waals surface area contributed by atoms with Crippen LogP contribution in [-0.4, -0.2) is 0 Å². The molecule has 11 aromatic rings. The Bertz CT molecular complexity index is 3550. The Morgan fingerprint density at radius 1 is 0.309 bits per heavy atom. The molecule has 0 radical (unpaired) electrons. The number of hydrogen-bond acceptors (Lipinski definition) is 3. The number of para-hydroxylation sites is 2. The summed E-state index contributed by atoms with van der Waals surface area (Å²) in [6.45, 7) is 0. The molecular weight excluding hydrogens is 825 g/mol. The van der Waals surface area contributed by atoms with E-state index in [1.54, 1.807) is 0 Å². The lowest BCUT2D eigenvalue weighted by molar-refractivity contribution is 0.487. The predicted octanol–water partition coefficient (Wildman–Crippen LogP) is 17.6. The Kier molecular flexibility index (Phi) is 9.40. The summed E-state index contributed by atoms with van der Waals surface area (Å²) < 4.78 is 7.09. The van der Waals surface area contributed by atoms with Crippen molar-refractivity contribution in [3.8, 4) is 44.9 Å². The zero-order valence-corrected chi connectivity index (χ0v) is 37.2. The molecule has 1 heterocycles. The van der Waals surface area contributed by atoms with E-state index in [-0.39, 0.29) is 0 Å². The molecule has 0 saturated heterocycles. The molecule has 0 atom stereocenters. The van der Waals surface area contributed by atoms with Crippen LogP contribution in [0.5, 0.6) is 11.5 Å². The number of ether oxygens (including phenoxy) is 1. The Morgan fingerprint density at radius 3 is 1.51 bits per heavy atom. The fourth-order valence-electron chi connectivity index (χ4n) is 11.0. The van der Waals surface area contributed by atoms with Gasteiger partial charge < -0.3 is 14.5 Å². The van der Waals surface area contributed by atoms with Crippen molar-refractivity contribution in [1.82, 2.24) is 0 Å². The van der Waals surface area contributed by atoms with Gasteiger partial charge in [-0.1, -0.05) is 194 Å². The largest absolute Gasteiger partial charge is 0.456 e. The molecule has 13 rings (SSSR count). The number of fused-ring (bicyclic) bond motifs is 5. The van der Waals surface area contributed by atoms with Gasteiger partial charge in [0.25, 0.3) is 0 Å². The van der Waals surface area contributed by atoms with Crippen molar-refractivity contribution < 1.29 is 4.74 Å². The highest BCUT2D eigenvalue weighted by Crippen LogP contribution is 2.60. The van der Waals surface area contributed by atoms with Gasteiger partial charge in [-0.25, -0.2) is 0 Å². The van der Waals surface area contributed by atoms with E-state index < -0.39 is 5.41 Å².